The highest BCUT2D eigenvalue weighted by molar-refractivity contribution is 6.17. The van der Waals surface area contributed by atoms with Gasteiger partial charge in [0.05, 0.1) is 0 Å². The van der Waals surface area contributed by atoms with Gasteiger partial charge in [-0.2, -0.15) is 0 Å². The summed E-state index contributed by atoms with van der Waals surface area (Å²) in [6.45, 7) is 4.45. The van der Waals surface area contributed by atoms with E-state index in [1.165, 1.54) is 24.9 Å². The second-order valence-electron chi connectivity index (χ2n) is 4.02. The van der Waals surface area contributed by atoms with Crippen LogP contribution in [0.15, 0.2) is 30.3 Å². The van der Waals surface area contributed by atoms with Crippen molar-refractivity contribution in [3.05, 3.63) is 30.3 Å². The van der Waals surface area contributed by atoms with E-state index in [9.17, 15) is 0 Å². The number of anilines is 1. The molecule has 0 fully saturated rings. The van der Waals surface area contributed by atoms with Crippen LogP contribution in [0, 0.1) is 0 Å². The lowest BCUT2D eigenvalue weighted by Gasteiger charge is -2.22. The van der Waals surface area contributed by atoms with Gasteiger partial charge in [-0.3, -0.25) is 0 Å². The highest BCUT2D eigenvalue weighted by atomic mass is 35.5. The molecule has 2 heteroatoms. The summed E-state index contributed by atoms with van der Waals surface area (Å²) in [5.41, 5.74) is 1.34. The maximum Gasteiger partial charge on any atom is 0.0366 e. The Labute approximate surface area is 104 Å². The van der Waals surface area contributed by atoms with Gasteiger partial charge in [0.15, 0.2) is 0 Å². The molecule has 0 bridgehead atoms. The quantitative estimate of drug-likeness (QED) is 0.483. The molecular formula is C14H22ClN. The molecule has 16 heavy (non-hydrogen) atoms. The molecule has 0 aliphatic heterocycles. The van der Waals surface area contributed by atoms with Gasteiger partial charge in [-0.05, 0) is 31.9 Å². The first-order chi connectivity index (χ1) is 7.88. The normalized spacial score (nSPS) is 10.4. The first kappa shape index (κ1) is 13.4. The van der Waals surface area contributed by atoms with Gasteiger partial charge >= 0.3 is 0 Å². The monoisotopic (exact) mass is 239 g/mol. The van der Waals surface area contributed by atoms with Crippen LogP contribution >= 0.6 is 11.6 Å². The van der Waals surface area contributed by atoms with E-state index in [0.29, 0.717) is 0 Å². The van der Waals surface area contributed by atoms with Crippen LogP contribution in [-0.2, 0) is 0 Å². The zero-order valence-electron chi connectivity index (χ0n) is 10.2. The summed E-state index contributed by atoms with van der Waals surface area (Å²) in [6, 6.07) is 10.6. The summed E-state index contributed by atoms with van der Waals surface area (Å²) in [5.74, 6) is 0.802. The Morgan fingerprint density at radius 3 is 2.31 bits per heavy atom. The fourth-order valence-corrected chi connectivity index (χ4v) is 2.05. The van der Waals surface area contributed by atoms with Gasteiger partial charge in [0.1, 0.15) is 0 Å². The number of benzene rings is 1. The molecule has 0 heterocycles. The molecule has 0 unspecified atom stereocenters. The van der Waals surface area contributed by atoms with E-state index in [2.05, 4.69) is 42.2 Å². The fourth-order valence-electron chi connectivity index (χ4n) is 1.86. The lowest BCUT2D eigenvalue weighted by Crippen LogP contribution is -2.23. The average Bonchev–Trinajstić information content (AvgIpc) is 2.35. The van der Waals surface area contributed by atoms with Crippen molar-refractivity contribution >= 4 is 17.3 Å². The third-order valence-corrected chi connectivity index (χ3v) is 3.08. The number of hydrogen-bond acceptors (Lipinski definition) is 1. The minimum atomic E-state index is 0.802. The number of halogens is 1. The van der Waals surface area contributed by atoms with Crippen molar-refractivity contribution < 1.29 is 0 Å². The largest absolute Gasteiger partial charge is 0.372 e. The molecule has 1 nitrogen and oxygen atoms in total. The lowest BCUT2D eigenvalue weighted by atomic mass is 10.2. The van der Waals surface area contributed by atoms with Gasteiger partial charge in [-0.1, -0.05) is 31.0 Å². The Balaban J connectivity index is 2.27. The topological polar surface area (TPSA) is 3.24 Å². The van der Waals surface area contributed by atoms with E-state index in [-0.39, 0.29) is 0 Å². The third kappa shape index (κ3) is 4.89. The second kappa shape index (κ2) is 8.46. The van der Waals surface area contributed by atoms with Gasteiger partial charge in [-0.25, -0.2) is 0 Å². The van der Waals surface area contributed by atoms with E-state index < -0.39 is 0 Å². The molecule has 0 aromatic heterocycles. The summed E-state index contributed by atoms with van der Waals surface area (Å²) >= 11 is 5.66. The first-order valence-corrected chi connectivity index (χ1v) is 6.78. The molecule has 0 amide bonds. The second-order valence-corrected chi connectivity index (χ2v) is 4.40. The molecule has 0 saturated carbocycles. The summed E-state index contributed by atoms with van der Waals surface area (Å²) in [4.78, 5) is 2.43. The van der Waals surface area contributed by atoms with E-state index in [1.807, 2.05) is 0 Å². The van der Waals surface area contributed by atoms with Gasteiger partial charge in [0.25, 0.3) is 0 Å². The van der Waals surface area contributed by atoms with Crippen LogP contribution in [0.5, 0.6) is 0 Å². The molecule has 0 spiro atoms. The molecular weight excluding hydrogens is 218 g/mol. The summed E-state index contributed by atoms with van der Waals surface area (Å²) in [5, 5.41) is 0. The SMILES string of the molecule is CCN(CCCCCCCl)c1ccccc1. The van der Waals surface area contributed by atoms with Gasteiger partial charge in [0, 0.05) is 24.7 Å². The van der Waals surface area contributed by atoms with Crippen molar-refractivity contribution in [2.45, 2.75) is 32.6 Å². The van der Waals surface area contributed by atoms with Gasteiger partial charge in [-0.15, -0.1) is 11.6 Å². The van der Waals surface area contributed by atoms with Crippen LogP contribution in [0.25, 0.3) is 0 Å². The summed E-state index contributed by atoms with van der Waals surface area (Å²) < 4.78 is 0. The van der Waals surface area contributed by atoms with Crippen molar-refractivity contribution in [2.75, 3.05) is 23.9 Å². The van der Waals surface area contributed by atoms with E-state index in [4.69, 9.17) is 11.6 Å². The molecule has 0 saturated heterocycles. The molecule has 1 aromatic rings. The number of rotatable bonds is 8. The van der Waals surface area contributed by atoms with Crippen LogP contribution in [0.3, 0.4) is 0 Å². The lowest BCUT2D eigenvalue weighted by molar-refractivity contribution is 0.651. The molecule has 1 aromatic carbocycles. The zero-order chi connectivity index (χ0) is 11.6. The Morgan fingerprint density at radius 1 is 1.00 bits per heavy atom. The third-order valence-electron chi connectivity index (χ3n) is 2.81. The fraction of sp³-hybridized carbons (Fsp3) is 0.571. The van der Waals surface area contributed by atoms with Crippen molar-refractivity contribution in [1.29, 1.82) is 0 Å². The summed E-state index contributed by atoms with van der Waals surface area (Å²) in [7, 11) is 0. The van der Waals surface area contributed by atoms with Crippen LogP contribution in [0.2, 0.25) is 0 Å². The molecule has 90 valence electrons. The van der Waals surface area contributed by atoms with Gasteiger partial charge in [0.2, 0.25) is 0 Å². The van der Waals surface area contributed by atoms with Crippen molar-refractivity contribution in [2.24, 2.45) is 0 Å². The Hall–Kier alpha value is -0.690. The molecule has 0 aliphatic rings. The first-order valence-electron chi connectivity index (χ1n) is 6.24. The van der Waals surface area contributed by atoms with Crippen LogP contribution < -0.4 is 4.90 Å². The number of hydrogen-bond donors (Lipinski definition) is 0. The molecule has 1 rings (SSSR count). The predicted octanol–water partition coefficient (Wildman–Crippen LogP) is 4.31. The number of nitrogens with zero attached hydrogens (tertiary/aromatic N) is 1. The average molecular weight is 240 g/mol. The van der Waals surface area contributed by atoms with Crippen molar-refractivity contribution in [3.63, 3.8) is 0 Å². The Kier molecular flexibility index (Phi) is 7.07. The highest BCUT2D eigenvalue weighted by Gasteiger charge is 2.02. The molecule has 0 N–H and O–H groups in total. The molecule has 0 radical (unpaired) electrons. The smallest absolute Gasteiger partial charge is 0.0366 e. The number of unbranched alkanes of at least 4 members (excludes halogenated alkanes) is 3. The maximum atomic E-state index is 5.66. The van der Waals surface area contributed by atoms with Crippen molar-refractivity contribution in [1.82, 2.24) is 0 Å². The molecule has 0 atom stereocenters. The zero-order valence-corrected chi connectivity index (χ0v) is 10.9. The van der Waals surface area contributed by atoms with E-state index in [1.54, 1.807) is 0 Å². The van der Waals surface area contributed by atoms with Crippen LogP contribution in [-0.4, -0.2) is 19.0 Å². The standard InChI is InChI=1S/C14H22ClN/c1-2-16(13-9-4-3-8-12-15)14-10-6-5-7-11-14/h5-7,10-11H,2-4,8-9,12-13H2,1H3. The van der Waals surface area contributed by atoms with Crippen molar-refractivity contribution in [3.8, 4) is 0 Å². The van der Waals surface area contributed by atoms with Crippen LogP contribution in [0.1, 0.15) is 32.6 Å². The predicted molar refractivity (Wildman–Crippen MR) is 73.5 cm³/mol. The Morgan fingerprint density at radius 2 is 1.69 bits per heavy atom. The maximum absolute atomic E-state index is 5.66. The highest BCUT2D eigenvalue weighted by Crippen LogP contribution is 2.14. The number of para-hydroxylation sites is 1. The van der Waals surface area contributed by atoms with Gasteiger partial charge < -0.3 is 4.90 Å². The summed E-state index contributed by atoms with van der Waals surface area (Å²) in [6.07, 6.45) is 4.96. The molecule has 0 aliphatic carbocycles. The minimum Gasteiger partial charge on any atom is -0.372 e. The Bertz CT molecular complexity index is 261. The van der Waals surface area contributed by atoms with E-state index in [0.717, 1.165) is 25.4 Å². The minimum absolute atomic E-state index is 0.802. The number of alkyl halides is 1. The van der Waals surface area contributed by atoms with Crippen LogP contribution in [0.4, 0.5) is 5.69 Å². The van der Waals surface area contributed by atoms with E-state index >= 15 is 0 Å².